The fraction of sp³-hybridized carbons (Fsp3) is 0.364. The maximum Gasteiger partial charge on any atom is 0.102 e. The zero-order chi connectivity index (χ0) is 10.3. The Morgan fingerprint density at radius 1 is 1.29 bits per heavy atom. The van der Waals surface area contributed by atoms with E-state index in [0.29, 0.717) is 0 Å². The van der Waals surface area contributed by atoms with E-state index in [9.17, 15) is 0 Å². The van der Waals surface area contributed by atoms with Crippen LogP contribution in [0.1, 0.15) is 26.3 Å². The number of hydrogen-bond donors (Lipinski definition) is 1. The average molecular weight is 253 g/mol. The van der Waals surface area contributed by atoms with Crippen molar-refractivity contribution in [3.63, 3.8) is 0 Å². The molecule has 3 heteroatoms. The maximum absolute atomic E-state index is 4.24. The van der Waals surface area contributed by atoms with Gasteiger partial charge in [0.1, 0.15) is 5.52 Å². The van der Waals surface area contributed by atoms with E-state index in [1.54, 1.807) is 6.33 Å². The number of nitrogens with zero attached hydrogens (tertiary/aromatic N) is 1. The molecule has 1 heterocycles. The second-order valence-electron chi connectivity index (χ2n) is 4.51. The number of aromatic nitrogens is 2. The van der Waals surface area contributed by atoms with E-state index in [1.165, 1.54) is 5.56 Å². The lowest BCUT2D eigenvalue weighted by atomic mass is 9.87. The largest absolute Gasteiger partial charge is 0.345 e. The van der Waals surface area contributed by atoms with Crippen LogP contribution in [0.15, 0.2) is 22.9 Å². The molecule has 0 aliphatic heterocycles. The summed E-state index contributed by atoms with van der Waals surface area (Å²) in [6.45, 7) is 6.62. The Hall–Kier alpha value is -0.830. The molecule has 0 saturated carbocycles. The van der Waals surface area contributed by atoms with Crippen LogP contribution in [0.25, 0.3) is 11.0 Å². The summed E-state index contributed by atoms with van der Waals surface area (Å²) in [6.07, 6.45) is 1.72. The van der Waals surface area contributed by atoms with Gasteiger partial charge in [0.05, 0.1) is 11.8 Å². The van der Waals surface area contributed by atoms with Gasteiger partial charge in [0.25, 0.3) is 0 Å². The van der Waals surface area contributed by atoms with Crippen molar-refractivity contribution in [2.45, 2.75) is 26.2 Å². The molecule has 0 fully saturated rings. The smallest absolute Gasteiger partial charge is 0.102 e. The fourth-order valence-electron chi connectivity index (χ4n) is 1.44. The molecule has 1 N–H and O–H groups in total. The number of hydrogen-bond acceptors (Lipinski definition) is 1. The van der Waals surface area contributed by atoms with Gasteiger partial charge < -0.3 is 4.98 Å². The predicted octanol–water partition coefficient (Wildman–Crippen LogP) is 3.62. The van der Waals surface area contributed by atoms with Crippen LogP contribution in [0.2, 0.25) is 0 Å². The highest BCUT2D eigenvalue weighted by Crippen LogP contribution is 2.29. The lowest BCUT2D eigenvalue weighted by Crippen LogP contribution is -2.10. The van der Waals surface area contributed by atoms with Gasteiger partial charge in [-0.15, -0.1) is 0 Å². The molecular weight excluding hydrogens is 240 g/mol. The van der Waals surface area contributed by atoms with Crippen molar-refractivity contribution in [2.75, 3.05) is 0 Å². The van der Waals surface area contributed by atoms with E-state index in [0.717, 1.165) is 15.5 Å². The molecule has 0 amide bonds. The Morgan fingerprint density at radius 2 is 2.00 bits per heavy atom. The predicted molar refractivity (Wildman–Crippen MR) is 62.5 cm³/mol. The van der Waals surface area contributed by atoms with Gasteiger partial charge in [0.15, 0.2) is 0 Å². The molecule has 2 aromatic rings. The molecule has 74 valence electrons. The minimum Gasteiger partial charge on any atom is -0.345 e. The highest BCUT2D eigenvalue weighted by molar-refractivity contribution is 9.10. The van der Waals surface area contributed by atoms with Crippen LogP contribution in [0.5, 0.6) is 0 Å². The molecule has 0 saturated heterocycles. The summed E-state index contributed by atoms with van der Waals surface area (Å²) in [5.41, 5.74) is 3.56. The Balaban J connectivity index is 2.70. The summed E-state index contributed by atoms with van der Waals surface area (Å²) in [7, 11) is 0. The topological polar surface area (TPSA) is 28.7 Å². The van der Waals surface area contributed by atoms with Crippen molar-refractivity contribution < 1.29 is 0 Å². The van der Waals surface area contributed by atoms with E-state index in [2.05, 4.69) is 58.8 Å². The summed E-state index contributed by atoms with van der Waals surface area (Å²) in [5.74, 6) is 0. The summed E-state index contributed by atoms with van der Waals surface area (Å²) in [4.78, 5) is 7.37. The van der Waals surface area contributed by atoms with Gasteiger partial charge in [0.2, 0.25) is 0 Å². The SMILES string of the molecule is CC(C)(C)c1cc(Br)c2nc[nH]c2c1. The first kappa shape index (κ1) is 9.71. The molecule has 14 heavy (non-hydrogen) atoms. The molecule has 0 radical (unpaired) electrons. The average Bonchev–Trinajstić information content (AvgIpc) is 2.50. The van der Waals surface area contributed by atoms with Crippen molar-refractivity contribution in [3.05, 3.63) is 28.5 Å². The molecular formula is C11H13BrN2. The molecule has 2 nitrogen and oxygen atoms in total. The summed E-state index contributed by atoms with van der Waals surface area (Å²) in [6, 6.07) is 4.30. The van der Waals surface area contributed by atoms with Crippen molar-refractivity contribution in [1.29, 1.82) is 0 Å². The third-order valence-electron chi connectivity index (χ3n) is 2.34. The van der Waals surface area contributed by atoms with Gasteiger partial charge in [-0.2, -0.15) is 0 Å². The molecule has 1 aromatic carbocycles. The van der Waals surface area contributed by atoms with E-state index >= 15 is 0 Å². The highest BCUT2D eigenvalue weighted by atomic mass is 79.9. The number of aromatic amines is 1. The summed E-state index contributed by atoms with van der Waals surface area (Å²) in [5, 5.41) is 0. The third kappa shape index (κ3) is 1.57. The molecule has 0 aliphatic carbocycles. The molecule has 0 spiro atoms. The standard InChI is InChI=1S/C11H13BrN2/c1-11(2,3)7-4-8(12)10-9(5-7)13-6-14-10/h4-6H,1-3H3,(H,13,14). The van der Waals surface area contributed by atoms with Crippen LogP contribution in [-0.4, -0.2) is 9.97 Å². The van der Waals surface area contributed by atoms with Crippen LogP contribution in [0.3, 0.4) is 0 Å². The zero-order valence-electron chi connectivity index (χ0n) is 8.56. The summed E-state index contributed by atoms with van der Waals surface area (Å²) >= 11 is 3.54. The van der Waals surface area contributed by atoms with E-state index < -0.39 is 0 Å². The van der Waals surface area contributed by atoms with Gasteiger partial charge in [-0.05, 0) is 39.0 Å². The van der Waals surface area contributed by atoms with Gasteiger partial charge in [-0.1, -0.05) is 20.8 Å². The highest BCUT2D eigenvalue weighted by Gasteiger charge is 2.16. The number of rotatable bonds is 0. The third-order valence-corrected chi connectivity index (χ3v) is 2.95. The normalized spacial score (nSPS) is 12.3. The quantitative estimate of drug-likeness (QED) is 0.763. The monoisotopic (exact) mass is 252 g/mol. The van der Waals surface area contributed by atoms with E-state index in [4.69, 9.17) is 0 Å². The number of H-pyrrole nitrogens is 1. The van der Waals surface area contributed by atoms with E-state index in [1.807, 2.05) is 0 Å². The maximum atomic E-state index is 4.24. The van der Waals surface area contributed by atoms with Crippen molar-refractivity contribution in [2.24, 2.45) is 0 Å². The second kappa shape index (κ2) is 3.09. The van der Waals surface area contributed by atoms with Crippen LogP contribution < -0.4 is 0 Å². The molecule has 0 bridgehead atoms. The van der Waals surface area contributed by atoms with Crippen LogP contribution in [0, 0.1) is 0 Å². The summed E-state index contributed by atoms with van der Waals surface area (Å²) < 4.78 is 1.06. The molecule has 0 unspecified atom stereocenters. The minimum atomic E-state index is 0.168. The lowest BCUT2D eigenvalue weighted by molar-refractivity contribution is 0.590. The van der Waals surface area contributed by atoms with Crippen molar-refractivity contribution in [1.82, 2.24) is 9.97 Å². The number of halogens is 1. The molecule has 1 aromatic heterocycles. The molecule has 0 aliphatic rings. The number of imidazole rings is 1. The first-order valence-electron chi connectivity index (χ1n) is 4.61. The van der Waals surface area contributed by atoms with Gasteiger partial charge in [-0.25, -0.2) is 4.98 Å². The van der Waals surface area contributed by atoms with Crippen LogP contribution in [0.4, 0.5) is 0 Å². The lowest BCUT2D eigenvalue weighted by Gasteiger charge is -2.19. The van der Waals surface area contributed by atoms with Crippen molar-refractivity contribution in [3.8, 4) is 0 Å². The van der Waals surface area contributed by atoms with Gasteiger partial charge in [0, 0.05) is 4.47 Å². The number of benzene rings is 1. The van der Waals surface area contributed by atoms with Gasteiger partial charge >= 0.3 is 0 Å². The fourth-order valence-corrected chi connectivity index (χ4v) is 2.00. The zero-order valence-corrected chi connectivity index (χ0v) is 10.1. The van der Waals surface area contributed by atoms with Crippen LogP contribution >= 0.6 is 15.9 Å². The molecule has 2 rings (SSSR count). The Labute approximate surface area is 91.9 Å². The molecule has 0 atom stereocenters. The van der Waals surface area contributed by atoms with Crippen molar-refractivity contribution >= 4 is 27.0 Å². The Kier molecular flexibility index (Phi) is 2.14. The van der Waals surface area contributed by atoms with Gasteiger partial charge in [-0.3, -0.25) is 0 Å². The van der Waals surface area contributed by atoms with Crippen LogP contribution in [-0.2, 0) is 5.41 Å². The minimum absolute atomic E-state index is 0.168. The first-order chi connectivity index (χ1) is 6.48. The number of fused-ring (bicyclic) bond motifs is 1. The first-order valence-corrected chi connectivity index (χ1v) is 5.41. The Bertz CT molecular complexity index is 466. The second-order valence-corrected chi connectivity index (χ2v) is 5.36. The Morgan fingerprint density at radius 3 is 2.64 bits per heavy atom. The number of nitrogens with one attached hydrogen (secondary N) is 1. The van der Waals surface area contributed by atoms with E-state index in [-0.39, 0.29) is 5.41 Å².